The molecule has 1 aromatic heterocycles. The third-order valence-corrected chi connectivity index (χ3v) is 5.95. The van der Waals surface area contributed by atoms with Crippen molar-refractivity contribution >= 4 is 34.1 Å². The SMILES string of the molecule is NC(=O)c1c(NC(=O)[C@H]2CC=CC[C@@H]2C(=O)O)sc2c1CCCC2. The number of carbonyl (C=O) groups excluding carboxylic acids is 2. The van der Waals surface area contributed by atoms with Crippen LogP contribution in [0, 0.1) is 11.8 Å². The molecule has 6 nitrogen and oxygen atoms in total. The Kier molecular flexibility index (Phi) is 4.71. The minimum absolute atomic E-state index is 0.344. The molecule has 0 saturated carbocycles. The number of thiophene rings is 1. The number of nitrogens with one attached hydrogen (secondary N) is 1. The highest BCUT2D eigenvalue weighted by Crippen LogP contribution is 2.38. The van der Waals surface area contributed by atoms with E-state index in [1.165, 1.54) is 11.3 Å². The first-order valence-electron chi connectivity index (χ1n) is 8.12. The summed E-state index contributed by atoms with van der Waals surface area (Å²) in [6.45, 7) is 0. The molecule has 2 aliphatic carbocycles. The van der Waals surface area contributed by atoms with Crippen molar-refractivity contribution in [2.45, 2.75) is 38.5 Å². The number of anilines is 1. The molecule has 0 bridgehead atoms. The lowest BCUT2D eigenvalue weighted by Crippen LogP contribution is -2.35. The normalized spacial score (nSPS) is 22.7. The molecule has 7 heteroatoms. The van der Waals surface area contributed by atoms with Gasteiger partial charge in [-0.2, -0.15) is 0 Å². The number of carbonyl (C=O) groups is 3. The Morgan fingerprint density at radius 1 is 1.12 bits per heavy atom. The fourth-order valence-electron chi connectivity index (χ4n) is 3.50. The van der Waals surface area contributed by atoms with Crippen molar-refractivity contribution in [3.05, 3.63) is 28.2 Å². The van der Waals surface area contributed by atoms with E-state index in [2.05, 4.69) is 5.32 Å². The van der Waals surface area contributed by atoms with Gasteiger partial charge in [-0.15, -0.1) is 11.3 Å². The van der Waals surface area contributed by atoms with Gasteiger partial charge >= 0.3 is 5.97 Å². The molecule has 1 aromatic rings. The van der Waals surface area contributed by atoms with Crippen LogP contribution in [0.5, 0.6) is 0 Å². The third-order valence-electron chi connectivity index (χ3n) is 4.74. The summed E-state index contributed by atoms with van der Waals surface area (Å²) in [5.74, 6) is -3.23. The molecule has 2 aliphatic rings. The standard InChI is InChI=1S/C17H20N2O4S/c18-14(20)13-11-7-3-4-8-12(11)24-16(13)19-15(21)9-5-1-2-6-10(9)17(22)23/h1-2,9-10H,3-8H2,(H2,18,20)(H,19,21)(H,22,23)/t9-,10-/m0/s1. The maximum Gasteiger partial charge on any atom is 0.307 e. The van der Waals surface area contributed by atoms with Crippen molar-refractivity contribution < 1.29 is 19.5 Å². The van der Waals surface area contributed by atoms with Crippen molar-refractivity contribution in [3.8, 4) is 0 Å². The third kappa shape index (κ3) is 3.08. The second-order valence-corrected chi connectivity index (χ2v) is 7.37. The van der Waals surface area contributed by atoms with Gasteiger partial charge in [-0.05, 0) is 44.1 Å². The number of fused-ring (bicyclic) bond motifs is 1. The number of rotatable bonds is 4. The number of allylic oxidation sites excluding steroid dienone is 2. The van der Waals surface area contributed by atoms with Gasteiger partial charge in [-0.3, -0.25) is 14.4 Å². The van der Waals surface area contributed by atoms with Gasteiger partial charge in [0.2, 0.25) is 5.91 Å². The van der Waals surface area contributed by atoms with E-state index in [4.69, 9.17) is 5.73 Å². The van der Waals surface area contributed by atoms with Gasteiger partial charge in [-0.1, -0.05) is 12.2 Å². The van der Waals surface area contributed by atoms with Crippen LogP contribution in [-0.2, 0) is 22.4 Å². The average molecular weight is 348 g/mol. The maximum atomic E-state index is 12.6. The Balaban J connectivity index is 1.86. The van der Waals surface area contributed by atoms with E-state index in [0.717, 1.165) is 36.1 Å². The lowest BCUT2D eigenvalue weighted by Gasteiger charge is -2.24. The highest BCUT2D eigenvalue weighted by atomic mass is 32.1. The van der Waals surface area contributed by atoms with Crippen molar-refractivity contribution in [3.63, 3.8) is 0 Å². The van der Waals surface area contributed by atoms with Crippen LogP contribution in [0.3, 0.4) is 0 Å². The first-order valence-corrected chi connectivity index (χ1v) is 8.93. The molecule has 0 fully saturated rings. The van der Waals surface area contributed by atoms with Crippen LogP contribution in [-0.4, -0.2) is 22.9 Å². The van der Waals surface area contributed by atoms with Gasteiger partial charge < -0.3 is 16.2 Å². The summed E-state index contributed by atoms with van der Waals surface area (Å²) >= 11 is 1.39. The zero-order valence-electron chi connectivity index (χ0n) is 13.2. The summed E-state index contributed by atoms with van der Waals surface area (Å²) in [5.41, 5.74) is 6.88. The predicted octanol–water partition coefficient (Wildman–Crippen LogP) is 2.33. The van der Waals surface area contributed by atoms with E-state index < -0.39 is 23.7 Å². The molecule has 3 rings (SSSR count). The van der Waals surface area contributed by atoms with Crippen LogP contribution in [0.2, 0.25) is 0 Å². The first-order chi connectivity index (χ1) is 11.5. The quantitative estimate of drug-likeness (QED) is 0.725. The predicted molar refractivity (Wildman–Crippen MR) is 91.1 cm³/mol. The minimum atomic E-state index is -0.972. The highest BCUT2D eigenvalue weighted by molar-refractivity contribution is 7.17. The molecular weight excluding hydrogens is 328 g/mol. The Morgan fingerprint density at radius 3 is 2.46 bits per heavy atom. The molecule has 1 heterocycles. The average Bonchev–Trinajstić information content (AvgIpc) is 2.92. The van der Waals surface area contributed by atoms with Crippen LogP contribution in [0.15, 0.2) is 12.2 Å². The Hall–Kier alpha value is -2.15. The highest BCUT2D eigenvalue weighted by Gasteiger charge is 2.35. The molecule has 0 spiro atoms. The van der Waals surface area contributed by atoms with Crippen LogP contribution < -0.4 is 11.1 Å². The Labute approximate surface area is 143 Å². The fraction of sp³-hybridized carbons (Fsp3) is 0.471. The summed E-state index contributed by atoms with van der Waals surface area (Å²) in [5, 5.41) is 12.6. The van der Waals surface area contributed by atoms with Crippen molar-refractivity contribution in [1.29, 1.82) is 0 Å². The molecule has 2 atom stereocenters. The van der Waals surface area contributed by atoms with E-state index in [1.807, 2.05) is 6.08 Å². The van der Waals surface area contributed by atoms with E-state index in [9.17, 15) is 19.5 Å². The van der Waals surface area contributed by atoms with E-state index in [-0.39, 0.29) is 5.91 Å². The van der Waals surface area contributed by atoms with E-state index in [1.54, 1.807) is 6.08 Å². The smallest absolute Gasteiger partial charge is 0.307 e. The van der Waals surface area contributed by atoms with E-state index >= 15 is 0 Å². The summed E-state index contributed by atoms with van der Waals surface area (Å²) < 4.78 is 0. The molecular formula is C17H20N2O4S. The number of amides is 2. The fourth-order valence-corrected chi connectivity index (χ4v) is 4.79. The second kappa shape index (κ2) is 6.76. The Bertz CT molecular complexity index is 722. The molecule has 0 aliphatic heterocycles. The monoisotopic (exact) mass is 348 g/mol. The minimum Gasteiger partial charge on any atom is -0.481 e. The van der Waals surface area contributed by atoms with Gasteiger partial charge in [0.1, 0.15) is 5.00 Å². The summed E-state index contributed by atoms with van der Waals surface area (Å²) in [6.07, 6.45) is 8.11. The molecule has 24 heavy (non-hydrogen) atoms. The summed E-state index contributed by atoms with van der Waals surface area (Å²) in [7, 11) is 0. The van der Waals surface area contributed by atoms with Crippen molar-refractivity contribution in [2.75, 3.05) is 5.32 Å². The largest absolute Gasteiger partial charge is 0.481 e. The van der Waals surface area contributed by atoms with Gasteiger partial charge in [0.25, 0.3) is 5.91 Å². The number of hydrogen-bond donors (Lipinski definition) is 3. The van der Waals surface area contributed by atoms with Gasteiger partial charge in [0.15, 0.2) is 0 Å². The van der Waals surface area contributed by atoms with Gasteiger partial charge in [-0.25, -0.2) is 0 Å². The number of aliphatic carboxylic acids is 1. The number of nitrogens with two attached hydrogens (primary N) is 1. The summed E-state index contributed by atoms with van der Waals surface area (Å²) in [4.78, 5) is 36.9. The second-order valence-electron chi connectivity index (χ2n) is 6.26. The van der Waals surface area contributed by atoms with Crippen molar-refractivity contribution in [2.24, 2.45) is 17.6 Å². The van der Waals surface area contributed by atoms with Crippen LogP contribution in [0.1, 0.15) is 46.5 Å². The number of primary amides is 1. The molecule has 4 N–H and O–H groups in total. The topological polar surface area (TPSA) is 109 Å². The zero-order chi connectivity index (χ0) is 17.3. The maximum absolute atomic E-state index is 12.6. The number of hydrogen-bond acceptors (Lipinski definition) is 4. The van der Waals surface area contributed by atoms with Gasteiger partial charge in [0.05, 0.1) is 17.4 Å². The molecule has 0 saturated heterocycles. The molecule has 128 valence electrons. The lowest BCUT2D eigenvalue weighted by molar-refractivity contribution is -0.146. The van der Waals surface area contributed by atoms with Crippen LogP contribution in [0.4, 0.5) is 5.00 Å². The number of carboxylic acid groups (broad SMARTS) is 1. The number of aryl methyl sites for hydroxylation is 1. The molecule has 0 radical (unpaired) electrons. The molecule has 0 aromatic carbocycles. The summed E-state index contributed by atoms with van der Waals surface area (Å²) in [6, 6.07) is 0. The molecule has 2 amide bonds. The first kappa shape index (κ1) is 16.7. The molecule has 0 unspecified atom stereocenters. The number of carboxylic acids is 1. The zero-order valence-corrected chi connectivity index (χ0v) is 14.0. The van der Waals surface area contributed by atoms with E-state index in [0.29, 0.717) is 23.4 Å². The van der Waals surface area contributed by atoms with Crippen LogP contribution >= 0.6 is 11.3 Å². The van der Waals surface area contributed by atoms with Gasteiger partial charge in [0, 0.05) is 4.88 Å². The lowest BCUT2D eigenvalue weighted by atomic mass is 9.82. The van der Waals surface area contributed by atoms with Crippen LogP contribution in [0.25, 0.3) is 0 Å². The Morgan fingerprint density at radius 2 is 1.79 bits per heavy atom. The van der Waals surface area contributed by atoms with Crippen molar-refractivity contribution in [1.82, 2.24) is 0 Å².